The molecule has 1 fully saturated rings. The lowest BCUT2D eigenvalue weighted by molar-refractivity contribution is -0.0349. The zero-order valence-corrected chi connectivity index (χ0v) is 12.3. The van der Waals surface area contributed by atoms with Gasteiger partial charge in [-0.3, -0.25) is 4.79 Å². The second-order valence-corrected chi connectivity index (χ2v) is 5.16. The van der Waals surface area contributed by atoms with Crippen molar-refractivity contribution in [1.29, 1.82) is 0 Å². The molecule has 1 aliphatic rings. The van der Waals surface area contributed by atoms with E-state index in [0.717, 1.165) is 12.1 Å². The molecule has 5 heteroatoms. The van der Waals surface area contributed by atoms with Gasteiger partial charge in [-0.1, -0.05) is 6.07 Å². The molecule has 0 saturated carbocycles. The Labute approximate surface area is 119 Å². The Kier molecular flexibility index (Phi) is 4.98. The van der Waals surface area contributed by atoms with Crippen LogP contribution in [0.3, 0.4) is 0 Å². The molecule has 0 bridgehead atoms. The van der Waals surface area contributed by atoms with Crippen LogP contribution in [0.5, 0.6) is 0 Å². The fourth-order valence-corrected chi connectivity index (χ4v) is 2.31. The zero-order chi connectivity index (χ0) is 14.5. The molecule has 0 radical (unpaired) electrons. The second-order valence-electron chi connectivity index (χ2n) is 5.16. The van der Waals surface area contributed by atoms with E-state index in [9.17, 15) is 4.79 Å². The second kappa shape index (κ2) is 6.72. The molecule has 1 saturated heterocycles. The van der Waals surface area contributed by atoms with Gasteiger partial charge in [-0.25, -0.2) is 0 Å². The van der Waals surface area contributed by atoms with E-state index in [1.54, 1.807) is 7.11 Å². The number of rotatable bonds is 4. The monoisotopic (exact) mass is 278 g/mol. The van der Waals surface area contributed by atoms with Crippen molar-refractivity contribution in [2.45, 2.75) is 18.6 Å². The Morgan fingerprint density at radius 2 is 2.25 bits per heavy atom. The summed E-state index contributed by atoms with van der Waals surface area (Å²) >= 11 is 0. The first kappa shape index (κ1) is 14.8. The number of carbonyl (C=O) groups is 1. The van der Waals surface area contributed by atoms with Gasteiger partial charge in [0.25, 0.3) is 5.91 Å². The third-order valence-electron chi connectivity index (χ3n) is 3.54. The Hall–Kier alpha value is -1.59. The SMILES string of the molecule is CO[C@@H]1CCOC[C@H]1NC(=O)c1cccc(N(C)C)c1. The summed E-state index contributed by atoms with van der Waals surface area (Å²) in [5.74, 6) is -0.0914. The molecule has 0 unspecified atom stereocenters. The number of anilines is 1. The number of carbonyl (C=O) groups excluding carboxylic acids is 1. The quantitative estimate of drug-likeness (QED) is 0.901. The van der Waals surface area contributed by atoms with E-state index in [1.165, 1.54) is 0 Å². The van der Waals surface area contributed by atoms with Crippen LogP contribution in [0.25, 0.3) is 0 Å². The predicted molar refractivity (Wildman–Crippen MR) is 78.3 cm³/mol. The van der Waals surface area contributed by atoms with E-state index in [0.29, 0.717) is 18.8 Å². The van der Waals surface area contributed by atoms with Crippen molar-refractivity contribution in [3.8, 4) is 0 Å². The Bertz CT molecular complexity index is 462. The fraction of sp³-hybridized carbons (Fsp3) is 0.533. The molecule has 110 valence electrons. The van der Waals surface area contributed by atoms with E-state index < -0.39 is 0 Å². The Morgan fingerprint density at radius 1 is 1.45 bits per heavy atom. The van der Waals surface area contributed by atoms with Gasteiger partial charge in [0.2, 0.25) is 0 Å². The third kappa shape index (κ3) is 3.49. The molecule has 20 heavy (non-hydrogen) atoms. The number of hydrogen-bond donors (Lipinski definition) is 1. The van der Waals surface area contributed by atoms with Crippen LogP contribution in [-0.4, -0.2) is 52.5 Å². The van der Waals surface area contributed by atoms with Gasteiger partial charge in [0.05, 0.1) is 18.8 Å². The lowest BCUT2D eigenvalue weighted by atomic mass is 10.1. The van der Waals surface area contributed by atoms with Gasteiger partial charge in [-0.2, -0.15) is 0 Å². The van der Waals surface area contributed by atoms with E-state index >= 15 is 0 Å². The molecule has 1 N–H and O–H groups in total. The van der Waals surface area contributed by atoms with Gasteiger partial charge in [0.15, 0.2) is 0 Å². The summed E-state index contributed by atoms with van der Waals surface area (Å²) in [6.07, 6.45) is 0.823. The molecule has 1 aromatic rings. The topological polar surface area (TPSA) is 50.8 Å². The first-order chi connectivity index (χ1) is 9.61. The van der Waals surface area contributed by atoms with Crippen molar-refractivity contribution < 1.29 is 14.3 Å². The van der Waals surface area contributed by atoms with Crippen LogP contribution < -0.4 is 10.2 Å². The summed E-state index contributed by atoms with van der Waals surface area (Å²) < 4.78 is 10.8. The molecule has 0 aliphatic carbocycles. The summed E-state index contributed by atoms with van der Waals surface area (Å²) in [6, 6.07) is 7.45. The summed E-state index contributed by atoms with van der Waals surface area (Å²) in [5.41, 5.74) is 1.65. The van der Waals surface area contributed by atoms with Crippen LogP contribution in [0.4, 0.5) is 5.69 Å². The largest absolute Gasteiger partial charge is 0.379 e. The van der Waals surface area contributed by atoms with E-state index in [1.807, 2.05) is 43.3 Å². The predicted octanol–water partition coefficient (Wildman–Crippen LogP) is 1.29. The molecule has 1 heterocycles. The molecule has 1 aromatic carbocycles. The normalized spacial score (nSPS) is 22.4. The van der Waals surface area contributed by atoms with Crippen molar-refractivity contribution in [1.82, 2.24) is 5.32 Å². The standard InChI is InChI=1S/C15H22N2O3/c1-17(2)12-6-4-5-11(9-12)15(18)16-13-10-20-8-7-14(13)19-3/h4-6,9,13-14H,7-8,10H2,1-3H3,(H,16,18)/t13-,14-/m1/s1. The van der Waals surface area contributed by atoms with Crippen molar-refractivity contribution >= 4 is 11.6 Å². The lowest BCUT2D eigenvalue weighted by Gasteiger charge is -2.31. The van der Waals surface area contributed by atoms with Gasteiger partial charge < -0.3 is 19.7 Å². The van der Waals surface area contributed by atoms with Crippen LogP contribution in [0.1, 0.15) is 16.8 Å². The van der Waals surface area contributed by atoms with Gasteiger partial charge in [0.1, 0.15) is 0 Å². The summed E-state index contributed by atoms with van der Waals surface area (Å²) in [4.78, 5) is 14.3. The van der Waals surface area contributed by atoms with Crippen molar-refractivity contribution in [3.05, 3.63) is 29.8 Å². The van der Waals surface area contributed by atoms with E-state index in [4.69, 9.17) is 9.47 Å². The minimum atomic E-state index is -0.0933. The summed E-state index contributed by atoms with van der Waals surface area (Å²) in [5, 5.41) is 2.99. The van der Waals surface area contributed by atoms with Crippen molar-refractivity contribution in [3.63, 3.8) is 0 Å². The molecular formula is C15H22N2O3. The smallest absolute Gasteiger partial charge is 0.251 e. The molecule has 0 spiro atoms. The molecule has 5 nitrogen and oxygen atoms in total. The average Bonchev–Trinajstić information content (AvgIpc) is 2.48. The molecule has 1 aliphatic heterocycles. The highest BCUT2D eigenvalue weighted by molar-refractivity contribution is 5.95. The van der Waals surface area contributed by atoms with Crippen LogP contribution in [0.2, 0.25) is 0 Å². The highest BCUT2D eigenvalue weighted by Gasteiger charge is 2.27. The fourth-order valence-electron chi connectivity index (χ4n) is 2.31. The van der Waals surface area contributed by atoms with E-state index in [-0.39, 0.29) is 18.1 Å². The number of ether oxygens (including phenoxy) is 2. The highest BCUT2D eigenvalue weighted by Crippen LogP contribution is 2.15. The first-order valence-electron chi connectivity index (χ1n) is 6.80. The maximum Gasteiger partial charge on any atom is 0.251 e. The lowest BCUT2D eigenvalue weighted by Crippen LogP contribution is -2.50. The molecule has 0 aromatic heterocycles. The van der Waals surface area contributed by atoms with E-state index in [2.05, 4.69) is 5.32 Å². The van der Waals surface area contributed by atoms with Gasteiger partial charge >= 0.3 is 0 Å². The third-order valence-corrected chi connectivity index (χ3v) is 3.54. The van der Waals surface area contributed by atoms with Crippen LogP contribution >= 0.6 is 0 Å². The molecule has 1 amide bonds. The molecule has 2 atom stereocenters. The minimum Gasteiger partial charge on any atom is -0.379 e. The van der Waals surface area contributed by atoms with Gasteiger partial charge in [0, 0.05) is 39.1 Å². The molecule has 2 rings (SSSR count). The molecular weight excluding hydrogens is 256 g/mol. The zero-order valence-electron chi connectivity index (χ0n) is 12.3. The number of nitrogens with one attached hydrogen (secondary N) is 1. The van der Waals surface area contributed by atoms with Gasteiger partial charge in [-0.15, -0.1) is 0 Å². The van der Waals surface area contributed by atoms with Gasteiger partial charge in [-0.05, 0) is 24.6 Å². The first-order valence-corrected chi connectivity index (χ1v) is 6.80. The number of amides is 1. The number of nitrogens with zero attached hydrogens (tertiary/aromatic N) is 1. The maximum absolute atomic E-state index is 12.3. The van der Waals surface area contributed by atoms with Crippen LogP contribution in [0, 0.1) is 0 Å². The van der Waals surface area contributed by atoms with Crippen LogP contribution in [-0.2, 0) is 9.47 Å². The number of benzene rings is 1. The van der Waals surface area contributed by atoms with Crippen molar-refractivity contribution in [2.75, 3.05) is 39.3 Å². The summed E-state index contributed by atoms with van der Waals surface area (Å²) in [7, 11) is 5.57. The average molecular weight is 278 g/mol. The Balaban J connectivity index is 2.05. The Morgan fingerprint density at radius 3 is 2.95 bits per heavy atom. The highest BCUT2D eigenvalue weighted by atomic mass is 16.5. The minimum absolute atomic E-state index is 0.0183. The number of methoxy groups -OCH3 is 1. The number of hydrogen-bond acceptors (Lipinski definition) is 4. The van der Waals surface area contributed by atoms with Crippen molar-refractivity contribution in [2.24, 2.45) is 0 Å². The maximum atomic E-state index is 12.3. The van der Waals surface area contributed by atoms with Crippen LogP contribution in [0.15, 0.2) is 24.3 Å². The summed E-state index contributed by atoms with van der Waals surface area (Å²) in [6.45, 7) is 1.18.